The van der Waals surface area contributed by atoms with Crippen molar-refractivity contribution < 1.29 is 0 Å². The van der Waals surface area contributed by atoms with Crippen LogP contribution in [0.15, 0.2) is 34.6 Å². The van der Waals surface area contributed by atoms with Gasteiger partial charge in [0.2, 0.25) is 0 Å². The van der Waals surface area contributed by atoms with E-state index in [9.17, 15) is 0 Å². The van der Waals surface area contributed by atoms with E-state index in [1.165, 1.54) is 5.56 Å². The number of thioether (sulfide) groups is 2. The molecular weight excluding hydrogens is 300 g/mol. The highest BCUT2D eigenvalue weighted by Crippen LogP contribution is 2.33. The third-order valence-electron chi connectivity index (χ3n) is 3.08. The Morgan fingerprint density at radius 3 is 2.57 bits per heavy atom. The second kappa shape index (κ2) is 7.13. The van der Waals surface area contributed by atoms with Crippen molar-refractivity contribution in [2.24, 2.45) is 0 Å². The zero-order valence-electron chi connectivity index (χ0n) is 12.7. The Labute approximate surface area is 134 Å². The van der Waals surface area contributed by atoms with Gasteiger partial charge in [-0.25, -0.2) is 9.97 Å². The first kappa shape index (κ1) is 16.1. The quantitative estimate of drug-likeness (QED) is 0.507. The van der Waals surface area contributed by atoms with Crippen LogP contribution in [0.5, 0.6) is 0 Å². The molecule has 0 spiro atoms. The van der Waals surface area contributed by atoms with Crippen molar-refractivity contribution >= 4 is 29.3 Å². The normalized spacial score (nSPS) is 12.6. The lowest BCUT2D eigenvalue weighted by molar-refractivity contribution is 0.849. The Bertz CT molecular complexity index is 616. The van der Waals surface area contributed by atoms with Gasteiger partial charge in [0.25, 0.3) is 0 Å². The summed E-state index contributed by atoms with van der Waals surface area (Å²) in [5, 5.41) is 1.77. The van der Waals surface area contributed by atoms with Crippen LogP contribution in [0.2, 0.25) is 0 Å². The number of nitrogen functional groups attached to an aromatic ring is 1. The van der Waals surface area contributed by atoms with Crippen LogP contribution in [-0.2, 0) is 0 Å². The molecule has 1 unspecified atom stereocenters. The van der Waals surface area contributed by atoms with E-state index in [1.807, 2.05) is 12.5 Å². The summed E-state index contributed by atoms with van der Waals surface area (Å²) in [7, 11) is 0. The van der Waals surface area contributed by atoms with Crippen molar-refractivity contribution in [3.8, 4) is 0 Å². The number of anilines is 1. The molecule has 4 nitrogen and oxygen atoms in total. The molecule has 0 saturated heterocycles. The second-order valence-corrected chi connectivity index (χ2v) is 7.18. The van der Waals surface area contributed by atoms with E-state index in [1.54, 1.807) is 29.6 Å². The molecule has 21 heavy (non-hydrogen) atoms. The van der Waals surface area contributed by atoms with E-state index >= 15 is 0 Å². The highest BCUT2D eigenvalue weighted by Gasteiger charge is 2.13. The molecule has 2 N–H and O–H groups in total. The van der Waals surface area contributed by atoms with Crippen LogP contribution in [0.4, 0.5) is 5.82 Å². The third-order valence-corrected chi connectivity index (χ3v) is 4.70. The standard InChI is InChI=1S/C15H20N4S2/c1-9(2)11-5-6-17-12(7-11)10(3)21-15-18-13(16)8-14(19-15)20-4/h5-10H,1-4H3,(H2,16,18,19). The summed E-state index contributed by atoms with van der Waals surface area (Å²) in [6.07, 6.45) is 3.85. The van der Waals surface area contributed by atoms with E-state index in [0.717, 1.165) is 10.7 Å². The minimum absolute atomic E-state index is 0.181. The monoisotopic (exact) mass is 320 g/mol. The lowest BCUT2D eigenvalue weighted by Gasteiger charge is -2.13. The highest BCUT2D eigenvalue weighted by molar-refractivity contribution is 7.99. The number of hydrogen-bond acceptors (Lipinski definition) is 6. The molecule has 0 amide bonds. The van der Waals surface area contributed by atoms with Crippen molar-refractivity contribution in [3.63, 3.8) is 0 Å². The first-order valence-electron chi connectivity index (χ1n) is 6.80. The van der Waals surface area contributed by atoms with Gasteiger partial charge >= 0.3 is 0 Å². The number of rotatable bonds is 5. The molecule has 0 aliphatic carbocycles. The largest absolute Gasteiger partial charge is 0.384 e. The van der Waals surface area contributed by atoms with Gasteiger partial charge in [-0.2, -0.15) is 0 Å². The molecule has 0 aliphatic heterocycles. The third kappa shape index (κ3) is 4.35. The Kier molecular flexibility index (Phi) is 5.47. The summed E-state index contributed by atoms with van der Waals surface area (Å²) in [4.78, 5) is 13.2. The summed E-state index contributed by atoms with van der Waals surface area (Å²) in [6.45, 7) is 6.48. The van der Waals surface area contributed by atoms with E-state index in [-0.39, 0.29) is 5.25 Å². The van der Waals surface area contributed by atoms with Crippen LogP contribution in [0.25, 0.3) is 0 Å². The number of aromatic nitrogens is 3. The minimum Gasteiger partial charge on any atom is -0.384 e. The van der Waals surface area contributed by atoms with Gasteiger partial charge in [0.05, 0.1) is 10.9 Å². The number of pyridine rings is 1. The Balaban J connectivity index is 2.19. The lowest BCUT2D eigenvalue weighted by atomic mass is 10.0. The molecule has 6 heteroatoms. The molecule has 1 atom stereocenters. The van der Waals surface area contributed by atoms with E-state index in [2.05, 4.69) is 47.9 Å². The second-order valence-electron chi connectivity index (χ2n) is 5.05. The Morgan fingerprint density at radius 1 is 1.14 bits per heavy atom. The molecule has 0 fully saturated rings. The zero-order chi connectivity index (χ0) is 15.4. The van der Waals surface area contributed by atoms with E-state index in [0.29, 0.717) is 16.9 Å². The van der Waals surface area contributed by atoms with Crippen molar-refractivity contribution in [1.82, 2.24) is 15.0 Å². The smallest absolute Gasteiger partial charge is 0.191 e. The molecule has 0 radical (unpaired) electrons. The summed E-state index contributed by atoms with van der Waals surface area (Å²) in [5.41, 5.74) is 8.16. The van der Waals surface area contributed by atoms with Gasteiger partial charge < -0.3 is 5.73 Å². The van der Waals surface area contributed by atoms with Crippen LogP contribution >= 0.6 is 23.5 Å². The summed E-state index contributed by atoms with van der Waals surface area (Å²) >= 11 is 3.15. The molecular formula is C15H20N4S2. The first-order chi connectivity index (χ1) is 9.99. The number of nitrogens with two attached hydrogens (primary N) is 1. The maximum absolute atomic E-state index is 5.82. The predicted molar refractivity (Wildman–Crippen MR) is 90.8 cm³/mol. The minimum atomic E-state index is 0.181. The van der Waals surface area contributed by atoms with Gasteiger partial charge in [0, 0.05) is 12.3 Å². The average molecular weight is 320 g/mol. The highest BCUT2D eigenvalue weighted by atomic mass is 32.2. The maximum Gasteiger partial charge on any atom is 0.191 e. The molecule has 0 saturated carbocycles. The Morgan fingerprint density at radius 2 is 1.90 bits per heavy atom. The maximum atomic E-state index is 5.82. The van der Waals surface area contributed by atoms with Crippen LogP contribution < -0.4 is 5.73 Å². The molecule has 112 valence electrons. The van der Waals surface area contributed by atoms with Crippen LogP contribution in [0.1, 0.15) is 43.2 Å². The zero-order valence-corrected chi connectivity index (χ0v) is 14.3. The van der Waals surface area contributed by atoms with Gasteiger partial charge in [-0.15, -0.1) is 11.8 Å². The van der Waals surface area contributed by atoms with Gasteiger partial charge in [-0.05, 0) is 36.8 Å². The molecule has 2 heterocycles. The van der Waals surface area contributed by atoms with Gasteiger partial charge in [0.15, 0.2) is 5.16 Å². The Hall–Kier alpha value is -1.27. The molecule has 2 rings (SSSR count). The average Bonchev–Trinajstić information content (AvgIpc) is 2.46. The summed E-state index contributed by atoms with van der Waals surface area (Å²) in [5.74, 6) is 1.00. The fourth-order valence-corrected chi connectivity index (χ4v) is 3.19. The van der Waals surface area contributed by atoms with Crippen molar-refractivity contribution in [2.75, 3.05) is 12.0 Å². The molecule has 2 aromatic rings. The van der Waals surface area contributed by atoms with Gasteiger partial charge in [-0.3, -0.25) is 4.98 Å². The fraction of sp³-hybridized carbons (Fsp3) is 0.400. The molecule has 2 aromatic heterocycles. The first-order valence-corrected chi connectivity index (χ1v) is 8.91. The van der Waals surface area contributed by atoms with Crippen molar-refractivity contribution in [3.05, 3.63) is 35.7 Å². The summed E-state index contributed by atoms with van der Waals surface area (Å²) < 4.78 is 0. The van der Waals surface area contributed by atoms with E-state index < -0.39 is 0 Å². The number of nitrogens with zero attached hydrogens (tertiary/aromatic N) is 3. The fourth-order valence-electron chi connectivity index (χ4n) is 1.84. The van der Waals surface area contributed by atoms with Crippen LogP contribution in [0, 0.1) is 0 Å². The number of hydrogen-bond donors (Lipinski definition) is 1. The van der Waals surface area contributed by atoms with Gasteiger partial charge in [0.1, 0.15) is 10.8 Å². The lowest BCUT2D eigenvalue weighted by Crippen LogP contribution is -2.00. The van der Waals surface area contributed by atoms with Crippen molar-refractivity contribution in [1.29, 1.82) is 0 Å². The predicted octanol–water partition coefficient (Wildman–Crippen LogP) is 4.15. The molecule has 0 bridgehead atoms. The molecule has 0 aliphatic rings. The van der Waals surface area contributed by atoms with Crippen molar-refractivity contribution in [2.45, 2.75) is 42.1 Å². The van der Waals surface area contributed by atoms with Gasteiger partial charge in [-0.1, -0.05) is 25.6 Å². The van der Waals surface area contributed by atoms with Crippen LogP contribution in [0.3, 0.4) is 0 Å². The topological polar surface area (TPSA) is 64.7 Å². The molecule has 0 aromatic carbocycles. The summed E-state index contributed by atoms with van der Waals surface area (Å²) in [6, 6.07) is 6.01. The SMILES string of the molecule is CSc1cc(N)nc(SC(C)c2cc(C(C)C)ccn2)n1. The van der Waals surface area contributed by atoms with E-state index in [4.69, 9.17) is 5.73 Å². The van der Waals surface area contributed by atoms with Crippen LogP contribution in [-0.4, -0.2) is 21.2 Å².